The second kappa shape index (κ2) is 9.45. The maximum absolute atomic E-state index is 5.93. The number of nitrogens with zero attached hydrogens (tertiary/aromatic N) is 1. The van der Waals surface area contributed by atoms with Crippen molar-refractivity contribution in [3.63, 3.8) is 0 Å². The standard InChI is InChI=1S/C15H28N2OS/c1-5-8-15(18-7-3)14(16-9-6-2)10-13-11-19-12(4)17-13/h11,14-16H,5-10H2,1-4H3. The molecule has 110 valence electrons. The van der Waals surface area contributed by atoms with E-state index in [2.05, 4.69) is 43.4 Å². The SMILES string of the molecule is CCCNC(Cc1csc(C)n1)C(CCC)OCC. The van der Waals surface area contributed by atoms with Crippen LogP contribution in [0.3, 0.4) is 0 Å². The van der Waals surface area contributed by atoms with E-state index in [1.807, 2.05) is 0 Å². The number of ether oxygens (including phenoxy) is 1. The molecule has 1 rings (SSSR count). The van der Waals surface area contributed by atoms with Crippen LogP contribution in [-0.4, -0.2) is 30.3 Å². The van der Waals surface area contributed by atoms with Gasteiger partial charge in [0.05, 0.1) is 16.8 Å². The van der Waals surface area contributed by atoms with Crippen LogP contribution in [0.1, 0.15) is 50.7 Å². The summed E-state index contributed by atoms with van der Waals surface area (Å²) in [4.78, 5) is 4.58. The number of hydrogen-bond acceptors (Lipinski definition) is 4. The first-order valence-corrected chi connectivity index (χ1v) is 8.35. The van der Waals surface area contributed by atoms with Crippen molar-refractivity contribution >= 4 is 11.3 Å². The Labute approximate surface area is 121 Å². The van der Waals surface area contributed by atoms with Crippen molar-refractivity contribution in [2.24, 2.45) is 0 Å². The molecular weight excluding hydrogens is 256 g/mol. The van der Waals surface area contributed by atoms with Crippen molar-refractivity contribution in [3.05, 3.63) is 16.1 Å². The molecule has 2 unspecified atom stereocenters. The molecule has 0 aliphatic rings. The molecule has 3 nitrogen and oxygen atoms in total. The second-order valence-electron chi connectivity index (χ2n) is 4.91. The highest BCUT2D eigenvalue weighted by Crippen LogP contribution is 2.15. The summed E-state index contributed by atoms with van der Waals surface area (Å²) in [6, 6.07) is 0.376. The van der Waals surface area contributed by atoms with Crippen LogP contribution in [0.2, 0.25) is 0 Å². The predicted octanol–water partition coefficient (Wildman–Crippen LogP) is 3.57. The van der Waals surface area contributed by atoms with Crippen molar-refractivity contribution in [1.82, 2.24) is 10.3 Å². The largest absolute Gasteiger partial charge is 0.377 e. The molecule has 2 atom stereocenters. The van der Waals surface area contributed by atoms with Crippen LogP contribution in [0.4, 0.5) is 0 Å². The topological polar surface area (TPSA) is 34.2 Å². The molecule has 0 fully saturated rings. The Morgan fingerprint density at radius 2 is 2.11 bits per heavy atom. The fourth-order valence-electron chi connectivity index (χ4n) is 2.29. The van der Waals surface area contributed by atoms with E-state index in [-0.39, 0.29) is 0 Å². The van der Waals surface area contributed by atoms with Gasteiger partial charge in [0.15, 0.2) is 0 Å². The molecule has 1 aromatic rings. The molecule has 0 saturated heterocycles. The van der Waals surface area contributed by atoms with Crippen LogP contribution in [0, 0.1) is 6.92 Å². The predicted molar refractivity (Wildman–Crippen MR) is 83.0 cm³/mol. The number of hydrogen-bond donors (Lipinski definition) is 1. The van der Waals surface area contributed by atoms with E-state index in [0.717, 1.165) is 43.8 Å². The summed E-state index contributed by atoms with van der Waals surface area (Å²) in [7, 11) is 0. The molecular formula is C15H28N2OS. The van der Waals surface area contributed by atoms with Gasteiger partial charge in [-0.1, -0.05) is 20.3 Å². The third-order valence-electron chi connectivity index (χ3n) is 3.15. The van der Waals surface area contributed by atoms with Gasteiger partial charge in [0, 0.05) is 24.4 Å². The summed E-state index contributed by atoms with van der Waals surface area (Å²) in [5.41, 5.74) is 1.19. The number of aromatic nitrogens is 1. The first kappa shape index (κ1) is 16.6. The summed E-state index contributed by atoms with van der Waals surface area (Å²) < 4.78 is 5.93. The van der Waals surface area contributed by atoms with E-state index in [9.17, 15) is 0 Å². The zero-order valence-corrected chi connectivity index (χ0v) is 13.6. The second-order valence-corrected chi connectivity index (χ2v) is 5.97. The molecule has 1 aromatic heterocycles. The maximum Gasteiger partial charge on any atom is 0.0897 e. The molecule has 19 heavy (non-hydrogen) atoms. The smallest absolute Gasteiger partial charge is 0.0897 e. The van der Waals surface area contributed by atoms with Crippen LogP contribution in [0.15, 0.2) is 5.38 Å². The van der Waals surface area contributed by atoms with Gasteiger partial charge in [-0.2, -0.15) is 0 Å². The van der Waals surface area contributed by atoms with E-state index in [4.69, 9.17) is 4.74 Å². The lowest BCUT2D eigenvalue weighted by Crippen LogP contribution is -2.43. The molecule has 0 aliphatic heterocycles. The molecule has 0 saturated carbocycles. The number of rotatable bonds is 10. The van der Waals surface area contributed by atoms with Gasteiger partial charge in [-0.05, 0) is 33.2 Å². The highest BCUT2D eigenvalue weighted by atomic mass is 32.1. The Morgan fingerprint density at radius 3 is 2.63 bits per heavy atom. The summed E-state index contributed by atoms with van der Waals surface area (Å²) in [5, 5.41) is 6.95. The monoisotopic (exact) mass is 284 g/mol. The summed E-state index contributed by atoms with van der Waals surface area (Å²) >= 11 is 1.73. The minimum Gasteiger partial charge on any atom is -0.377 e. The van der Waals surface area contributed by atoms with Crippen molar-refractivity contribution in [2.75, 3.05) is 13.2 Å². The lowest BCUT2D eigenvalue weighted by Gasteiger charge is -2.27. The van der Waals surface area contributed by atoms with E-state index >= 15 is 0 Å². The minimum atomic E-state index is 0.295. The normalized spacial score (nSPS) is 14.5. The number of nitrogens with one attached hydrogen (secondary N) is 1. The molecule has 0 spiro atoms. The lowest BCUT2D eigenvalue weighted by atomic mass is 10.0. The molecule has 4 heteroatoms. The van der Waals surface area contributed by atoms with E-state index in [1.165, 1.54) is 5.69 Å². The summed E-state index contributed by atoms with van der Waals surface area (Å²) in [6.45, 7) is 10.4. The molecule has 0 aliphatic carbocycles. The van der Waals surface area contributed by atoms with Crippen LogP contribution in [0.25, 0.3) is 0 Å². The highest BCUT2D eigenvalue weighted by molar-refractivity contribution is 7.09. The average Bonchev–Trinajstić information content (AvgIpc) is 2.80. The minimum absolute atomic E-state index is 0.295. The first-order valence-electron chi connectivity index (χ1n) is 7.47. The van der Waals surface area contributed by atoms with Gasteiger partial charge in [0.25, 0.3) is 0 Å². The third kappa shape index (κ3) is 6.02. The fraction of sp³-hybridized carbons (Fsp3) is 0.800. The Balaban J connectivity index is 2.67. The zero-order chi connectivity index (χ0) is 14.1. The highest BCUT2D eigenvalue weighted by Gasteiger charge is 2.21. The van der Waals surface area contributed by atoms with E-state index < -0.39 is 0 Å². The zero-order valence-electron chi connectivity index (χ0n) is 12.7. The van der Waals surface area contributed by atoms with Crippen molar-refractivity contribution < 1.29 is 4.74 Å². The van der Waals surface area contributed by atoms with Crippen LogP contribution < -0.4 is 5.32 Å². The molecule has 0 radical (unpaired) electrons. The Hall–Kier alpha value is -0.450. The third-order valence-corrected chi connectivity index (χ3v) is 3.98. The number of aryl methyl sites for hydroxylation is 1. The summed E-state index contributed by atoms with van der Waals surface area (Å²) in [5.74, 6) is 0. The van der Waals surface area contributed by atoms with E-state index in [1.54, 1.807) is 11.3 Å². The Kier molecular flexibility index (Phi) is 8.26. The van der Waals surface area contributed by atoms with Crippen LogP contribution >= 0.6 is 11.3 Å². The average molecular weight is 284 g/mol. The van der Waals surface area contributed by atoms with Gasteiger partial charge in [-0.3, -0.25) is 0 Å². The van der Waals surface area contributed by atoms with Crippen molar-refractivity contribution in [2.45, 2.75) is 65.5 Å². The van der Waals surface area contributed by atoms with Crippen molar-refractivity contribution in [1.29, 1.82) is 0 Å². The van der Waals surface area contributed by atoms with E-state index in [0.29, 0.717) is 12.1 Å². The maximum atomic E-state index is 5.93. The fourth-order valence-corrected chi connectivity index (χ4v) is 2.92. The van der Waals surface area contributed by atoms with Gasteiger partial charge in [0.1, 0.15) is 0 Å². The molecule has 0 amide bonds. The Morgan fingerprint density at radius 1 is 1.32 bits per heavy atom. The van der Waals surface area contributed by atoms with Gasteiger partial charge < -0.3 is 10.1 Å². The quantitative estimate of drug-likeness (QED) is 0.713. The molecule has 1 heterocycles. The molecule has 0 bridgehead atoms. The lowest BCUT2D eigenvalue weighted by molar-refractivity contribution is 0.0280. The van der Waals surface area contributed by atoms with Crippen molar-refractivity contribution in [3.8, 4) is 0 Å². The van der Waals surface area contributed by atoms with Gasteiger partial charge in [0.2, 0.25) is 0 Å². The van der Waals surface area contributed by atoms with Crippen LogP contribution in [0.5, 0.6) is 0 Å². The first-order chi connectivity index (χ1) is 9.21. The Bertz CT molecular complexity index is 335. The molecule has 0 aromatic carbocycles. The van der Waals surface area contributed by atoms with Crippen LogP contribution in [-0.2, 0) is 11.2 Å². The van der Waals surface area contributed by atoms with Gasteiger partial charge >= 0.3 is 0 Å². The van der Waals surface area contributed by atoms with Gasteiger partial charge in [-0.15, -0.1) is 11.3 Å². The summed E-state index contributed by atoms with van der Waals surface area (Å²) in [6.07, 6.45) is 4.68. The number of thiazole rings is 1. The molecule has 1 N–H and O–H groups in total. The van der Waals surface area contributed by atoms with Gasteiger partial charge in [-0.25, -0.2) is 4.98 Å².